The van der Waals surface area contributed by atoms with Crippen molar-refractivity contribution in [2.45, 2.75) is 75.3 Å². The maximum atomic E-state index is 12.5. The number of aryl methyl sites for hydroxylation is 2. The predicted molar refractivity (Wildman–Crippen MR) is 173 cm³/mol. The number of nitrogens with zero attached hydrogens (tertiary/aromatic N) is 1. The fraction of sp³-hybridized carbons (Fsp3) is 0.361. The highest BCUT2D eigenvalue weighted by Gasteiger charge is 2.14. The summed E-state index contributed by atoms with van der Waals surface area (Å²) >= 11 is 0. The molecular weight excluding hydrogens is 478 g/mol. The molecule has 1 aliphatic rings. The summed E-state index contributed by atoms with van der Waals surface area (Å²) in [7, 11) is 0. The first-order chi connectivity index (χ1) is 18.5. The van der Waals surface area contributed by atoms with Gasteiger partial charge < -0.3 is 4.57 Å². The van der Waals surface area contributed by atoms with Crippen LogP contribution in [0.3, 0.4) is 0 Å². The van der Waals surface area contributed by atoms with E-state index in [0.29, 0.717) is 18.2 Å². The Kier molecular flexibility index (Phi) is 17.3. The van der Waals surface area contributed by atoms with Gasteiger partial charge >= 0.3 is 0 Å². The quantitative estimate of drug-likeness (QED) is 0.118. The number of ketones is 1. The first-order valence-corrected chi connectivity index (χ1v) is 13.8. The predicted octanol–water partition coefficient (Wildman–Crippen LogP) is 9.34. The minimum Gasteiger partial charge on any atom is -0.346 e. The van der Waals surface area contributed by atoms with Crippen LogP contribution in [0.4, 0.5) is 0 Å². The van der Waals surface area contributed by atoms with Crippen molar-refractivity contribution in [3.05, 3.63) is 112 Å². The third-order valence-corrected chi connectivity index (χ3v) is 5.02. The molecule has 2 aromatic rings. The topological polar surface area (TPSA) is 39.1 Å². The molecule has 0 radical (unpaired) electrons. The van der Waals surface area contributed by atoms with Gasteiger partial charge in [-0.05, 0) is 48.5 Å². The zero-order valence-corrected chi connectivity index (χ0v) is 25.5. The van der Waals surface area contributed by atoms with E-state index in [9.17, 15) is 9.59 Å². The summed E-state index contributed by atoms with van der Waals surface area (Å²) in [6, 6.07) is 9.56. The zero-order valence-electron chi connectivity index (χ0n) is 25.5. The van der Waals surface area contributed by atoms with E-state index < -0.39 is 0 Å². The van der Waals surface area contributed by atoms with Gasteiger partial charge in [-0.2, -0.15) is 0 Å². The summed E-state index contributed by atoms with van der Waals surface area (Å²) in [5.74, 6) is 7.20. The maximum absolute atomic E-state index is 12.5. The zero-order chi connectivity index (χ0) is 30.0. The van der Waals surface area contributed by atoms with Crippen LogP contribution < -0.4 is 5.43 Å². The summed E-state index contributed by atoms with van der Waals surface area (Å²) in [6.07, 6.45) is 9.21. The van der Waals surface area contributed by atoms with Crippen LogP contribution in [0.2, 0.25) is 0 Å². The Morgan fingerprint density at radius 2 is 1.69 bits per heavy atom. The van der Waals surface area contributed by atoms with E-state index >= 15 is 0 Å². The van der Waals surface area contributed by atoms with Crippen LogP contribution in [0.5, 0.6) is 0 Å². The van der Waals surface area contributed by atoms with Gasteiger partial charge in [0.25, 0.3) is 0 Å². The van der Waals surface area contributed by atoms with E-state index in [-0.39, 0.29) is 18.2 Å². The molecule has 0 amide bonds. The molecule has 0 spiro atoms. The van der Waals surface area contributed by atoms with Crippen molar-refractivity contribution in [1.29, 1.82) is 0 Å². The van der Waals surface area contributed by atoms with Crippen molar-refractivity contribution in [3.8, 4) is 11.8 Å². The second-order valence-corrected chi connectivity index (χ2v) is 9.75. The van der Waals surface area contributed by atoms with E-state index in [4.69, 9.17) is 0 Å². The smallest absolute Gasteiger partial charge is 0.193 e. The van der Waals surface area contributed by atoms with Gasteiger partial charge in [-0.15, -0.1) is 12.3 Å². The van der Waals surface area contributed by atoms with Gasteiger partial charge in [-0.1, -0.05) is 104 Å². The number of rotatable bonds is 7. The fourth-order valence-electron chi connectivity index (χ4n) is 3.15. The van der Waals surface area contributed by atoms with E-state index in [1.807, 2.05) is 68.7 Å². The molecule has 3 rings (SSSR count). The largest absolute Gasteiger partial charge is 0.346 e. The van der Waals surface area contributed by atoms with Crippen molar-refractivity contribution in [1.82, 2.24) is 4.57 Å². The molecule has 3 heteroatoms. The number of carbonyl (C=O) groups is 1. The minimum absolute atomic E-state index is 0. The molecule has 0 fully saturated rings. The first kappa shape index (κ1) is 35.1. The molecule has 0 unspecified atom stereocenters. The number of pyridine rings is 1. The average Bonchev–Trinajstić information content (AvgIpc) is 3.17. The SMILES string of the molecule is C=CC(=O)c1cn(CCC)c(C2=CC(c3ccccc3C)=C=CC#C2)cc1=O.C=CC(C)C.CC.CC(C)C.[HH]. The van der Waals surface area contributed by atoms with Gasteiger partial charge in [0.15, 0.2) is 11.2 Å². The molecule has 1 heterocycles. The standard InChI is InChI=1S/C25H21NO2.C5H10.C4H10.C2H6.H2/c1-4-14-26-17-22(24(27)5-2)25(28)16-23(26)20-12-8-7-11-19(15-20)21-13-9-6-10-18(21)3;1-4-5(2)3;1-4(2)3;1-2;/h5-7,9-10,13,15-17H,2,4,14H2,1,3H3;4-5H,1H2,2-3H3;4H,1-3H3;1-2H3;1H. The molecule has 3 nitrogen and oxygen atoms in total. The number of allylic oxidation sites excluding steroid dienone is 5. The molecule has 39 heavy (non-hydrogen) atoms. The van der Waals surface area contributed by atoms with Crippen LogP contribution in [0.25, 0.3) is 11.1 Å². The van der Waals surface area contributed by atoms with Crippen LogP contribution >= 0.6 is 0 Å². The summed E-state index contributed by atoms with van der Waals surface area (Å²) in [5.41, 5.74) is 7.54. The minimum atomic E-state index is -0.371. The maximum Gasteiger partial charge on any atom is 0.193 e. The van der Waals surface area contributed by atoms with Gasteiger partial charge in [0.2, 0.25) is 0 Å². The highest BCUT2D eigenvalue weighted by molar-refractivity contribution is 6.04. The molecule has 1 aromatic carbocycles. The molecule has 1 aromatic heterocycles. The Bertz CT molecular complexity index is 1320. The third-order valence-electron chi connectivity index (χ3n) is 5.02. The number of hydrogen-bond donors (Lipinski definition) is 0. The highest BCUT2D eigenvalue weighted by atomic mass is 16.1. The molecular formula is C36H49NO2. The molecule has 0 aliphatic heterocycles. The van der Waals surface area contributed by atoms with Crippen LogP contribution in [0, 0.1) is 30.6 Å². The van der Waals surface area contributed by atoms with E-state index in [0.717, 1.165) is 34.6 Å². The van der Waals surface area contributed by atoms with Gasteiger partial charge in [0.1, 0.15) is 0 Å². The van der Waals surface area contributed by atoms with Gasteiger partial charge in [-0.25, -0.2) is 0 Å². The molecule has 0 saturated heterocycles. The Labute approximate surface area is 238 Å². The van der Waals surface area contributed by atoms with Crippen LogP contribution in [-0.4, -0.2) is 10.4 Å². The Balaban J connectivity index is 0. The summed E-state index contributed by atoms with van der Waals surface area (Å²) < 4.78 is 1.92. The normalized spacial score (nSPS) is 11.1. The molecule has 0 bridgehead atoms. The lowest BCUT2D eigenvalue weighted by Gasteiger charge is -2.14. The van der Waals surface area contributed by atoms with Crippen molar-refractivity contribution in [3.63, 3.8) is 0 Å². The highest BCUT2D eigenvalue weighted by Crippen LogP contribution is 2.25. The second-order valence-electron chi connectivity index (χ2n) is 9.75. The molecule has 0 saturated carbocycles. The number of aromatic nitrogens is 1. The Hall–Kier alpha value is -3.86. The number of benzene rings is 1. The van der Waals surface area contributed by atoms with Crippen molar-refractivity contribution < 1.29 is 6.22 Å². The van der Waals surface area contributed by atoms with Crippen molar-refractivity contribution >= 4 is 16.9 Å². The van der Waals surface area contributed by atoms with Gasteiger partial charge in [0, 0.05) is 37.5 Å². The lowest BCUT2D eigenvalue weighted by atomic mass is 9.98. The van der Waals surface area contributed by atoms with Crippen molar-refractivity contribution in [2.75, 3.05) is 0 Å². The van der Waals surface area contributed by atoms with Crippen LogP contribution in [-0.2, 0) is 6.54 Å². The number of hydrogen-bond acceptors (Lipinski definition) is 2. The lowest BCUT2D eigenvalue weighted by molar-refractivity contribution is 0.104. The van der Waals surface area contributed by atoms with Crippen LogP contribution in [0.15, 0.2) is 84.5 Å². The monoisotopic (exact) mass is 527 g/mol. The molecule has 0 N–H and O–H groups in total. The number of carbonyl (C=O) groups excluding carboxylic acids is 1. The average molecular weight is 528 g/mol. The lowest BCUT2D eigenvalue weighted by Crippen LogP contribution is -2.19. The van der Waals surface area contributed by atoms with E-state index in [1.54, 1.807) is 12.3 Å². The van der Waals surface area contributed by atoms with Crippen molar-refractivity contribution in [2.24, 2.45) is 11.8 Å². The third kappa shape index (κ3) is 12.5. The molecule has 1 aliphatic carbocycles. The van der Waals surface area contributed by atoms with Gasteiger partial charge in [-0.3, -0.25) is 9.59 Å². The summed E-state index contributed by atoms with van der Waals surface area (Å²) in [4.78, 5) is 24.6. The summed E-state index contributed by atoms with van der Waals surface area (Å²) in [6.45, 7) is 26.5. The Morgan fingerprint density at radius 1 is 1.10 bits per heavy atom. The second kappa shape index (κ2) is 19.2. The molecule has 210 valence electrons. The van der Waals surface area contributed by atoms with E-state index in [2.05, 4.69) is 65.3 Å². The summed E-state index contributed by atoms with van der Waals surface area (Å²) in [5, 5.41) is 0. The Morgan fingerprint density at radius 3 is 2.21 bits per heavy atom. The van der Waals surface area contributed by atoms with Gasteiger partial charge in [0.05, 0.1) is 11.3 Å². The fourth-order valence-corrected chi connectivity index (χ4v) is 3.15. The first-order valence-electron chi connectivity index (χ1n) is 13.8. The van der Waals surface area contributed by atoms with Crippen LogP contribution in [0.1, 0.15) is 90.4 Å². The molecule has 0 atom stereocenters. The van der Waals surface area contributed by atoms with E-state index in [1.165, 1.54) is 12.1 Å².